The highest BCUT2D eigenvalue weighted by Crippen LogP contribution is 2.43. The van der Waals surface area contributed by atoms with Gasteiger partial charge in [-0.25, -0.2) is 0 Å². The second-order valence-corrected chi connectivity index (χ2v) is 7.24. The first-order valence-corrected chi connectivity index (χ1v) is 8.93. The Morgan fingerprint density at radius 1 is 0.950 bits per heavy atom. The quantitative estimate of drug-likeness (QED) is 0.841. The van der Waals surface area contributed by atoms with Crippen LogP contribution in [0.1, 0.15) is 70.6 Å². The van der Waals surface area contributed by atoms with Gasteiger partial charge >= 0.3 is 0 Å². The molecule has 0 bridgehead atoms. The van der Waals surface area contributed by atoms with Gasteiger partial charge in [0.1, 0.15) is 0 Å². The van der Waals surface area contributed by atoms with Crippen LogP contribution in [0.15, 0.2) is 0 Å². The predicted molar refractivity (Wildman–Crippen MR) is 82.8 cm³/mol. The molecule has 3 fully saturated rings. The molecule has 1 atom stereocenters. The van der Waals surface area contributed by atoms with Gasteiger partial charge < -0.3 is 10.5 Å². The Hall–Kier alpha value is -0.120. The molecule has 2 saturated carbocycles. The molecule has 116 valence electrons. The Bertz CT molecular complexity index is 295. The highest BCUT2D eigenvalue weighted by molar-refractivity contribution is 4.94. The van der Waals surface area contributed by atoms with Crippen LogP contribution in [0.25, 0.3) is 0 Å². The van der Waals surface area contributed by atoms with Crippen molar-refractivity contribution in [3.8, 4) is 0 Å². The lowest BCUT2D eigenvalue weighted by Gasteiger charge is -2.36. The van der Waals surface area contributed by atoms with E-state index in [1.54, 1.807) is 0 Å². The normalized spacial score (nSPS) is 30.6. The Kier molecular flexibility index (Phi) is 5.00. The second-order valence-electron chi connectivity index (χ2n) is 7.24. The molecule has 0 radical (unpaired) electrons. The van der Waals surface area contributed by atoms with Crippen molar-refractivity contribution in [3.05, 3.63) is 0 Å². The smallest absolute Gasteiger partial charge is 0.0710 e. The Labute approximate surface area is 124 Å². The SMILES string of the molecule is NCCN(CC1CCC2(CCCC2)O1)C1CCCCC1. The Morgan fingerprint density at radius 2 is 1.70 bits per heavy atom. The number of nitrogens with two attached hydrogens (primary N) is 1. The zero-order valence-electron chi connectivity index (χ0n) is 13.0. The molecule has 1 heterocycles. The minimum atomic E-state index is 0.283. The first-order chi connectivity index (χ1) is 9.81. The van der Waals surface area contributed by atoms with E-state index in [0.29, 0.717) is 6.10 Å². The van der Waals surface area contributed by atoms with Crippen molar-refractivity contribution >= 4 is 0 Å². The summed E-state index contributed by atoms with van der Waals surface area (Å²) in [7, 11) is 0. The molecular formula is C17H32N2O. The third-order valence-corrected chi connectivity index (χ3v) is 5.80. The van der Waals surface area contributed by atoms with Crippen LogP contribution in [0.5, 0.6) is 0 Å². The summed E-state index contributed by atoms with van der Waals surface area (Å²) < 4.78 is 6.50. The highest BCUT2D eigenvalue weighted by atomic mass is 16.5. The van der Waals surface area contributed by atoms with Crippen LogP contribution in [-0.2, 0) is 4.74 Å². The molecule has 3 heteroatoms. The monoisotopic (exact) mass is 280 g/mol. The fourth-order valence-electron chi connectivity index (χ4n) is 4.71. The van der Waals surface area contributed by atoms with Crippen molar-refractivity contribution in [1.29, 1.82) is 0 Å². The summed E-state index contributed by atoms with van der Waals surface area (Å²) in [5, 5.41) is 0. The minimum absolute atomic E-state index is 0.283. The largest absolute Gasteiger partial charge is 0.370 e. The average Bonchev–Trinajstić information content (AvgIpc) is 3.10. The van der Waals surface area contributed by atoms with Gasteiger partial charge in [0.2, 0.25) is 0 Å². The summed E-state index contributed by atoms with van der Waals surface area (Å²) >= 11 is 0. The molecule has 0 aromatic heterocycles. The molecule has 3 rings (SSSR count). The average molecular weight is 280 g/mol. The van der Waals surface area contributed by atoms with Crippen molar-refractivity contribution in [2.45, 2.75) is 88.4 Å². The van der Waals surface area contributed by atoms with Crippen molar-refractivity contribution < 1.29 is 4.74 Å². The molecule has 0 aromatic rings. The summed E-state index contributed by atoms with van der Waals surface area (Å²) in [4.78, 5) is 2.65. The van der Waals surface area contributed by atoms with E-state index in [4.69, 9.17) is 10.5 Å². The number of hydrogen-bond donors (Lipinski definition) is 1. The summed E-state index contributed by atoms with van der Waals surface area (Å²) in [5.41, 5.74) is 6.13. The molecular weight excluding hydrogens is 248 g/mol. The first-order valence-electron chi connectivity index (χ1n) is 8.93. The van der Waals surface area contributed by atoms with Gasteiger partial charge in [0.05, 0.1) is 11.7 Å². The van der Waals surface area contributed by atoms with Crippen LogP contribution in [0.3, 0.4) is 0 Å². The third kappa shape index (κ3) is 3.37. The standard InChI is InChI=1S/C17H32N2O/c18-12-13-19(15-6-2-1-3-7-15)14-16-8-11-17(20-16)9-4-5-10-17/h15-16H,1-14,18H2. The molecule has 3 nitrogen and oxygen atoms in total. The van der Waals surface area contributed by atoms with E-state index >= 15 is 0 Å². The summed E-state index contributed by atoms with van der Waals surface area (Å²) in [6, 6.07) is 0.774. The molecule has 2 aliphatic carbocycles. The molecule has 1 saturated heterocycles. The van der Waals surface area contributed by atoms with Crippen LogP contribution in [0.4, 0.5) is 0 Å². The van der Waals surface area contributed by atoms with Gasteiger partial charge in [-0.2, -0.15) is 0 Å². The molecule has 0 aromatic carbocycles. The molecule has 3 aliphatic rings. The van der Waals surface area contributed by atoms with Crippen molar-refractivity contribution in [1.82, 2.24) is 4.90 Å². The molecule has 1 spiro atoms. The van der Waals surface area contributed by atoms with Crippen LogP contribution in [0, 0.1) is 0 Å². The van der Waals surface area contributed by atoms with Gasteiger partial charge in [0.15, 0.2) is 0 Å². The van der Waals surface area contributed by atoms with Gasteiger partial charge in [-0.05, 0) is 38.5 Å². The van der Waals surface area contributed by atoms with Crippen LogP contribution >= 0.6 is 0 Å². The molecule has 1 unspecified atom stereocenters. The van der Waals surface area contributed by atoms with Gasteiger partial charge in [-0.3, -0.25) is 4.90 Å². The summed E-state index contributed by atoms with van der Waals surface area (Å²) in [6.07, 6.45) is 15.4. The zero-order chi connectivity index (χ0) is 13.8. The maximum atomic E-state index is 6.50. The predicted octanol–water partition coefficient (Wildman–Crippen LogP) is 3.07. The Balaban J connectivity index is 1.53. The minimum Gasteiger partial charge on any atom is -0.370 e. The first kappa shape index (κ1) is 14.8. The lowest BCUT2D eigenvalue weighted by molar-refractivity contribution is -0.0525. The maximum Gasteiger partial charge on any atom is 0.0710 e. The van der Waals surface area contributed by atoms with Crippen LogP contribution < -0.4 is 5.73 Å². The van der Waals surface area contributed by atoms with E-state index in [1.165, 1.54) is 70.6 Å². The third-order valence-electron chi connectivity index (χ3n) is 5.80. The number of ether oxygens (including phenoxy) is 1. The maximum absolute atomic E-state index is 6.50. The fraction of sp³-hybridized carbons (Fsp3) is 1.00. The van der Waals surface area contributed by atoms with Crippen LogP contribution in [0.2, 0.25) is 0 Å². The van der Waals surface area contributed by atoms with E-state index < -0.39 is 0 Å². The lowest BCUT2D eigenvalue weighted by atomic mass is 9.93. The molecule has 1 aliphatic heterocycles. The van der Waals surface area contributed by atoms with Gasteiger partial charge in [0, 0.05) is 25.7 Å². The second kappa shape index (κ2) is 6.76. The van der Waals surface area contributed by atoms with E-state index in [9.17, 15) is 0 Å². The lowest BCUT2D eigenvalue weighted by Crippen LogP contribution is -2.44. The fourth-order valence-corrected chi connectivity index (χ4v) is 4.71. The molecule has 20 heavy (non-hydrogen) atoms. The van der Waals surface area contributed by atoms with Crippen molar-refractivity contribution in [2.75, 3.05) is 19.6 Å². The summed E-state index contributed by atoms with van der Waals surface area (Å²) in [6.45, 7) is 2.97. The van der Waals surface area contributed by atoms with E-state index in [-0.39, 0.29) is 5.60 Å². The van der Waals surface area contributed by atoms with Crippen molar-refractivity contribution in [2.24, 2.45) is 5.73 Å². The van der Waals surface area contributed by atoms with E-state index in [2.05, 4.69) is 4.90 Å². The van der Waals surface area contributed by atoms with E-state index in [0.717, 1.165) is 25.7 Å². The number of hydrogen-bond acceptors (Lipinski definition) is 3. The summed E-state index contributed by atoms with van der Waals surface area (Å²) in [5.74, 6) is 0. The van der Waals surface area contributed by atoms with Gasteiger partial charge in [-0.15, -0.1) is 0 Å². The molecule has 0 amide bonds. The zero-order valence-corrected chi connectivity index (χ0v) is 13.0. The van der Waals surface area contributed by atoms with E-state index in [1.807, 2.05) is 0 Å². The molecule has 2 N–H and O–H groups in total. The van der Waals surface area contributed by atoms with Crippen LogP contribution in [-0.4, -0.2) is 42.3 Å². The topological polar surface area (TPSA) is 38.5 Å². The Morgan fingerprint density at radius 3 is 2.40 bits per heavy atom. The number of rotatable bonds is 5. The van der Waals surface area contributed by atoms with Crippen molar-refractivity contribution in [3.63, 3.8) is 0 Å². The van der Waals surface area contributed by atoms with Gasteiger partial charge in [-0.1, -0.05) is 32.1 Å². The van der Waals surface area contributed by atoms with Gasteiger partial charge in [0.25, 0.3) is 0 Å². The number of nitrogens with zero attached hydrogens (tertiary/aromatic N) is 1. The highest BCUT2D eigenvalue weighted by Gasteiger charge is 2.42.